The van der Waals surface area contributed by atoms with Gasteiger partial charge in [0.15, 0.2) is 0 Å². The van der Waals surface area contributed by atoms with E-state index >= 15 is 0 Å². The van der Waals surface area contributed by atoms with Gasteiger partial charge in [-0.25, -0.2) is 0 Å². The van der Waals surface area contributed by atoms with Crippen LogP contribution in [0.4, 0.5) is 0 Å². The van der Waals surface area contributed by atoms with Gasteiger partial charge in [0, 0.05) is 5.69 Å². The first kappa shape index (κ1) is 9.77. The Labute approximate surface area is 78.3 Å². The van der Waals surface area contributed by atoms with Crippen molar-refractivity contribution in [3.8, 4) is 0 Å². The average molecular weight is 180 g/mol. The molecule has 1 heterocycles. The molecule has 0 unspecified atom stereocenters. The second-order valence-corrected chi connectivity index (χ2v) is 3.19. The van der Waals surface area contributed by atoms with Crippen molar-refractivity contribution >= 4 is 5.84 Å². The fourth-order valence-corrected chi connectivity index (χ4v) is 1.56. The molecule has 1 rings (SSSR count). The summed E-state index contributed by atoms with van der Waals surface area (Å²) in [4.78, 5) is 0. The van der Waals surface area contributed by atoms with Gasteiger partial charge in [-0.2, -0.15) is 5.10 Å². The van der Waals surface area contributed by atoms with Gasteiger partial charge in [0.1, 0.15) is 5.84 Å². The summed E-state index contributed by atoms with van der Waals surface area (Å²) in [7, 11) is 0. The molecule has 3 N–H and O–H groups in total. The van der Waals surface area contributed by atoms with E-state index in [4.69, 9.17) is 11.1 Å². The summed E-state index contributed by atoms with van der Waals surface area (Å²) >= 11 is 0. The van der Waals surface area contributed by atoms with Gasteiger partial charge in [-0.3, -0.25) is 10.1 Å². The minimum atomic E-state index is 0.147. The van der Waals surface area contributed by atoms with Crippen LogP contribution in [0.2, 0.25) is 0 Å². The van der Waals surface area contributed by atoms with Crippen LogP contribution in [0.1, 0.15) is 23.9 Å². The van der Waals surface area contributed by atoms with Crippen LogP contribution in [0.5, 0.6) is 0 Å². The summed E-state index contributed by atoms with van der Waals surface area (Å²) < 4.78 is 1.79. The lowest BCUT2D eigenvalue weighted by Crippen LogP contribution is -2.19. The fraction of sp³-hybridized carbons (Fsp3) is 0.556. The SMILES string of the molecule is CCc1c(C)nn(CC(=N)N)c1C. The second kappa shape index (κ2) is 3.60. The van der Waals surface area contributed by atoms with Gasteiger partial charge in [-0.15, -0.1) is 0 Å². The van der Waals surface area contributed by atoms with Gasteiger partial charge in [0.2, 0.25) is 0 Å². The number of amidine groups is 1. The minimum Gasteiger partial charge on any atom is -0.386 e. The van der Waals surface area contributed by atoms with Gasteiger partial charge < -0.3 is 5.73 Å². The molecule has 72 valence electrons. The van der Waals surface area contributed by atoms with E-state index < -0.39 is 0 Å². The van der Waals surface area contributed by atoms with Gasteiger partial charge in [-0.1, -0.05) is 6.92 Å². The summed E-state index contributed by atoms with van der Waals surface area (Å²) in [5, 5.41) is 11.5. The zero-order valence-electron chi connectivity index (χ0n) is 8.39. The van der Waals surface area contributed by atoms with Crippen LogP contribution in [0.3, 0.4) is 0 Å². The molecule has 4 nitrogen and oxygen atoms in total. The molecule has 0 spiro atoms. The topological polar surface area (TPSA) is 67.7 Å². The van der Waals surface area contributed by atoms with E-state index in [1.165, 1.54) is 5.56 Å². The predicted molar refractivity (Wildman–Crippen MR) is 53.0 cm³/mol. The van der Waals surface area contributed by atoms with Crippen molar-refractivity contribution in [1.82, 2.24) is 9.78 Å². The highest BCUT2D eigenvalue weighted by Gasteiger charge is 2.09. The summed E-state index contributed by atoms with van der Waals surface area (Å²) in [5.74, 6) is 0.147. The molecule has 0 aliphatic heterocycles. The van der Waals surface area contributed by atoms with E-state index in [1.54, 1.807) is 4.68 Å². The molecule has 0 aliphatic carbocycles. The molecular weight excluding hydrogens is 164 g/mol. The fourth-order valence-electron chi connectivity index (χ4n) is 1.56. The smallest absolute Gasteiger partial charge is 0.113 e. The van der Waals surface area contributed by atoms with Crippen LogP contribution < -0.4 is 5.73 Å². The number of hydrogen-bond acceptors (Lipinski definition) is 2. The molecule has 0 amide bonds. The van der Waals surface area contributed by atoms with Crippen molar-refractivity contribution in [1.29, 1.82) is 5.41 Å². The van der Waals surface area contributed by atoms with Gasteiger partial charge >= 0.3 is 0 Å². The number of nitrogens with zero attached hydrogens (tertiary/aromatic N) is 2. The normalized spacial score (nSPS) is 10.4. The van der Waals surface area contributed by atoms with Crippen LogP contribution >= 0.6 is 0 Å². The van der Waals surface area contributed by atoms with Crippen molar-refractivity contribution in [2.45, 2.75) is 33.7 Å². The molecule has 1 aromatic rings. The zero-order chi connectivity index (χ0) is 10.0. The average Bonchev–Trinajstić information content (AvgIpc) is 2.26. The highest BCUT2D eigenvalue weighted by Crippen LogP contribution is 2.12. The van der Waals surface area contributed by atoms with Crippen molar-refractivity contribution in [2.75, 3.05) is 0 Å². The van der Waals surface area contributed by atoms with E-state index in [9.17, 15) is 0 Å². The zero-order valence-corrected chi connectivity index (χ0v) is 8.39. The Morgan fingerprint density at radius 1 is 1.54 bits per heavy atom. The Kier molecular flexibility index (Phi) is 2.70. The molecule has 4 heteroatoms. The lowest BCUT2D eigenvalue weighted by Gasteiger charge is -2.02. The molecule has 13 heavy (non-hydrogen) atoms. The first-order valence-electron chi connectivity index (χ1n) is 4.42. The summed E-state index contributed by atoms with van der Waals surface area (Å²) in [6.07, 6.45) is 0.982. The van der Waals surface area contributed by atoms with Crippen molar-refractivity contribution in [2.24, 2.45) is 5.73 Å². The minimum absolute atomic E-state index is 0.147. The Bertz CT molecular complexity index is 325. The van der Waals surface area contributed by atoms with Crippen molar-refractivity contribution < 1.29 is 0 Å². The monoisotopic (exact) mass is 180 g/mol. The molecule has 0 saturated carbocycles. The summed E-state index contributed by atoms with van der Waals surface area (Å²) in [5.41, 5.74) is 8.75. The van der Waals surface area contributed by atoms with Gasteiger partial charge in [0.25, 0.3) is 0 Å². The first-order chi connectivity index (χ1) is 6.06. The van der Waals surface area contributed by atoms with Crippen LogP contribution in [0, 0.1) is 19.3 Å². The number of aromatic nitrogens is 2. The number of rotatable bonds is 3. The second-order valence-electron chi connectivity index (χ2n) is 3.19. The number of aryl methyl sites for hydroxylation is 1. The van der Waals surface area contributed by atoms with E-state index in [1.807, 2.05) is 13.8 Å². The predicted octanol–water partition coefficient (Wildman–Crippen LogP) is 0.998. The van der Waals surface area contributed by atoms with Gasteiger partial charge in [-0.05, 0) is 25.8 Å². The molecular formula is C9H16N4. The molecule has 0 bridgehead atoms. The van der Waals surface area contributed by atoms with Crippen molar-refractivity contribution in [3.63, 3.8) is 0 Å². The Morgan fingerprint density at radius 3 is 2.54 bits per heavy atom. The first-order valence-corrected chi connectivity index (χ1v) is 4.42. The highest BCUT2D eigenvalue weighted by atomic mass is 15.3. The Balaban J connectivity index is 3.03. The van der Waals surface area contributed by atoms with Crippen LogP contribution in [-0.2, 0) is 13.0 Å². The van der Waals surface area contributed by atoms with E-state index in [2.05, 4.69) is 12.0 Å². The van der Waals surface area contributed by atoms with E-state index in [-0.39, 0.29) is 5.84 Å². The number of nitrogens with one attached hydrogen (secondary N) is 1. The summed E-state index contributed by atoms with van der Waals surface area (Å²) in [6, 6.07) is 0. The molecule has 0 aromatic carbocycles. The van der Waals surface area contributed by atoms with Crippen LogP contribution in [-0.4, -0.2) is 15.6 Å². The maximum atomic E-state index is 7.18. The van der Waals surface area contributed by atoms with E-state index in [0.29, 0.717) is 6.54 Å². The number of hydrogen-bond donors (Lipinski definition) is 2. The molecule has 0 radical (unpaired) electrons. The molecule has 0 saturated heterocycles. The molecule has 0 aliphatic rings. The van der Waals surface area contributed by atoms with Crippen molar-refractivity contribution in [3.05, 3.63) is 17.0 Å². The molecule has 0 fully saturated rings. The molecule has 0 atom stereocenters. The third kappa shape index (κ3) is 1.88. The standard InChI is InChI=1S/C9H16N4/c1-4-8-6(2)12-13(7(8)3)5-9(10)11/h4-5H2,1-3H3,(H3,10,11). The lowest BCUT2D eigenvalue weighted by atomic mass is 10.1. The van der Waals surface area contributed by atoms with Crippen LogP contribution in [0.15, 0.2) is 0 Å². The molecule has 1 aromatic heterocycles. The quantitative estimate of drug-likeness (QED) is 0.538. The summed E-state index contributed by atoms with van der Waals surface area (Å²) in [6.45, 7) is 6.51. The largest absolute Gasteiger partial charge is 0.386 e. The maximum absolute atomic E-state index is 7.18. The third-order valence-corrected chi connectivity index (χ3v) is 2.21. The Hall–Kier alpha value is -1.32. The van der Waals surface area contributed by atoms with E-state index in [0.717, 1.165) is 17.8 Å². The van der Waals surface area contributed by atoms with Gasteiger partial charge in [0.05, 0.1) is 12.2 Å². The maximum Gasteiger partial charge on any atom is 0.113 e. The number of nitrogens with two attached hydrogens (primary N) is 1. The lowest BCUT2D eigenvalue weighted by molar-refractivity contribution is 0.686. The highest BCUT2D eigenvalue weighted by molar-refractivity contribution is 5.76. The van der Waals surface area contributed by atoms with Crippen LogP contribution in [0.25, 0.3) is 0 Å². The Morgan fingerprint density at radius 2 is 2.15 bits per heavy atom. The third-order valence-electron chi connectivity index (χ3n) is 2.21.